The molecule has 1 aromatic rings. The number of rotatable bonds is 4. The fourth-order valence-electron chi connectivity index (χ4n) is 2.22. The summed E-state index contributed by atoms with van der Waals surface area (Å²) in [6.07, 6.45) is 4.85. The predicted molar refractivity (Wildman–Crippen MR) is 75.3 cm³/mol. The maximum absolute atomic E-state index is 8.95. The zero-order valence-electron chi connectivity index (χ0n) is 11.7. The first-order chi connectivity index (χ1) is 7.88. The Balaban J connectivity index is 0. The summed E-state index contributed by atoms with van der Waals surface area (Å²) in [5, 5.41) is 8.95. The summed E-state index contributed by atoms with van der Waals surface area (Å²) in [5.41, 5.74) is 2.37. The first-order valence-electron chi connectivity index (χ1n) is 6.15. The third-order valence-corrected chi connectivity index (χ3v) is 3.39. The van der Waals surface area contributed by atoms with E-state index in [-0.39, 0.29) is 44.3 Å². The molecule has 0 saturated carbocycles. The van der Waals surface area contributed by atoms with Gasteiger partial charge in [0, 0.05) is 13.2 Å². The van der Waals surface area contributed by atoms with E-state index in [9.17, 15) is 0 Å². The van der Waals surface area contributed by atoms with E-state index in [4.69, 9.17) is 9.84 Å². The largest absolute Gasteiger partial charge is 1.00 e. The van der Waals surface area contributed by atoms with Gasteiger partial charge in [-0.15, -0.1) is 0 Å². The molecule has 0 atom stereocenters. The van der Waals surface area contributed by atoms with Crippen LogP contribution in [0.3, 0.4) is 0 Å². The summed E-state index contributed by atoms with van der Waals surface area (Å²) in [6.45, 7) is 2.02. The molecule has 0 amide bonds. The minimum absolute atomic E-state index is 0. The van der Waals surface area contributed by atoms with E-state index < -0.39 is 0 Å². The van der Waals surface area contributed by atoms with Gasteiger partial charge < -0.3 is 11.3 Å². The van der Waals surface area contributed by atoms with Gasteiger partial charge in [0.25, 0.3) is 0 Å². The van der Waals surface area contributed by atoms with Gasteiger partial charge in [-0.25, -0.2) is 0 Å². The summed E-state index contributed by atoms with van der Waals surface area (Å²) in [6, 6.07) is 8.29. The Morgan fingerprint density at radius 1 is 1.11 bits per heavy atom. The van der Waals surface area contributed by atoms with Crippen molar-refractivity contribution in [3.8, 4) is 0 Å². The summed E-state index contributed by atoms with van der Waals surface area (Å²) >= 11 is 0. The van der Waals surface area contributed by atoms with E-state index in [1.54, 1.807) is 0 Å². The molecule has 1 heterocycles. The second-order valence-corrected chi connectivity index (χ2v) is 4.57. The Morgan fingerprint density at radius 2 is 1.67 bits per heavy atom. The average molecular weight is 258 g/mol. The van der Waals surface area contributed by atoms with E-state index in [1.807, 2.05) is 12.1 Å². The molecule has 1 saturated heterocycles. The molecule has 0 radical (unpaired) electrons. The van der Waals surface area contributed by atoms with Crippen molar-refractivity contribution in [2.75, 3.05) is 13.2 Å². The standard InChI is InChI=1S/C14H20O2.Al.Li.4H/c15-11-14-5-3-12(4-6-14)1-2-13-7-9-16-10-8-13;;;;;;/h3-6,13,15H,1-2,7-11H2;;;;;;/q;;+1;;;;-1. The van der Waals surface area contributed by atoms with Crippen molar-refractivity contribution in [1.82, 2.24) is 0 Å². The maximum Gasteiger partial charge on any atom is 1.00 e. The molecular weight excluding hydrogens is 234 g/mol. The molecule has 0 aromatic heterocycles. The van der Waals surface area contributed by atoms with Crippen molar-refractivity contribution in [3.05, 3.63) is 35.4 Å². The number of ether oxygens (including phenoxy) is 1. The van der Waals surface area contributed by atoms with Crippen molar-refractivity contribution in [1.29, 1.82) is 0 Å². The molecule has 0 spiro atoms. The van der Waals surface area contributed by atoms with Gasteiger partial charge in [-0.05, 0) is 42.7 Å². The van der Waals surface area contributed by atoms with Crippen LogP contribution in [0, 0.1) is 5.92 Å². The summed E-state index contributed by atoms with van der Waals surface area (Å²) in [5.74, 6) is 0.839. The molecule has 18 heavy (non-hydrogen) atoms. The molecule has 1 aliphatic heterocycles. The third-order valence-electron chi connectivity index (χ3n) is 3.39. The quantitative estimate of drug-likeness (QED) is 0.664. The van der Waals surface area contributed by atoms with Crippen LogP contribution in [0.25, 0.3) is 0 Å². The fraction of sp³-hybridized carbons (Fsp3) is 0.571. The number of aryl methyl sites for hydroxylation is 1. The van der Waals surface area contributed by atoms with Gasteiger partial charge in [0.15, 0.2) is 17.4 Å². The summed E-state index contributed by atoms with van der Waals surface area (Å²) in [4.78, 5) is 0. The van der Waals surface area contributed by atoms with Gasteiger partial charge in [-0.3, -0.25) is 0 Å². The van der Waals surface area contributed by atoms with Gasteiger partial charge in [0.1, 0.15) is 0 Å². The zero-order valence-corrected chi connectivity index (χ0v) is 10.7. The average Bonchev–Trinajstić information content (AvgIpc) is 2.38. The van der Waals surface area contributed by atoms with Gasteiger partial charge >= 0.3 is 18.9 Å². The predicted octanol–water partition coefficient (Wildman–Crippen LogP) is -1.53. The SMILES string of the molecule is OCc1ccc(CCC2CCOCC2)cc1.[AlH3].[H-].[Li+]. The van der Waals surface area contributed by atoms with E-state index in [0.717, 1.165) is 31.1 Å². The van der Waals surface area contributed by atoms with Crippen molar-refractivity contribution in [2.24, 2.45) is 5.92 Å². The number of benzene rings is 1. The van der Waals surface area contributed by atoms with Gasteiger partial charge in [-0.1, -0.05) is 24.3 Å². The van der Waals surface area contributed by atoms with Crippen molar-refractivity contribution < 1.29 is 30.1 Å². The van der Waals surface area contributed by atoms with Gasteiger partial charge in [-0.2, -0.15) is 0 Å². The molecule has 2 nitrogen and oxygen atoms in total. The van der Waals surface area contributed by atoms with E-state index in [0.29, 0.717) is 0 Å². The van der Waals surface area contributed by atoms with Crippen LogP contribution < -0.4 is 18.9 Å². The molecule has 96 valence electrons. The molecule has 1 N–H and O–H groups in total. The third kappa shape index (κ3) is 5.94. The van der Waals surface area contributed by atoms with E-state index >= 15 is 0 Å². The minimum Gasteiger partial charge on any atom is -1.00 e. The molecule has 1 aliphatic rings. The van der Waals surface area contributed by atoms with Crippen LogP contribution in [0.1, 0.15) is 31.8 Å². The van der Waals surface area contributed by atoms with E-state index in [1.165, 1.54) is 24.8 Å². The Bertz CT molecular complexity index is 316. The summed E-state index contributed by atoms with van der Waals surface area (Å²) in [7, 11) is 0. The second-order valence-electron chi connectivity index (χ2n) is 4.57. The molecule has 1 fully saturated rings. The van der Waals surface area contributed by atoms with Crippen LogP contribution >= 0.6 is 0 Å². The van der Waals surface area contributed by atoms with Crippen LogP contribution in [0.5, 0.6) is 0 Å². The summed E-state index contributed by atoms with van der Waals surface area (Å²) < 4.78 is 5.35. The Morgan fingerprint density at radius 3 is 2.22 bits per heavy atom. The molecular formula is C14H24AlLiO2. The van der Waals surface area contributed by atoms with Crippen LogP contribution in [0.15, 0.2) is 24.3 Å². The molecule has 1 aromatic carbocycles. The van der Waals surface area contributed by atoms with Crippen LogP contribution in [-0.2, 0) is 17.8 Å². The second kappa shape index (κ2) is 10.1. The number of aliphatic hydroxyl groups is 1. The van der Waals surface area contributed by atoms with Crippen LogP contribution in [0.2, 0.25) is 0 Å². The Kier molecular flexibility index (Phi) is 10.3. The smallest absolute Gasteiger partial charge is 1.00 e. The zero-order chi connectivity index (χ0) is 11.2. The topological polar surface area (TPSA) is 29.5 Å². The number of hydrogen-bond donors (Lipinski definition) is 1. The number of aliphatic hydroxyl groups excluding tert-OH is 1. The molecule has 0 aliphatic carbocycles. The first-order valence-corrected chi connectivity index (χ1v) is 6.15. The molecule has 2 rings (SSSR count). The van der Waals surface area contributed by atoms with E-state index in [2.05, 4.69) is 12.1 Å². The fourth-order valence-corrected chi connectivity index (χ4v) is 2.22. The maximum atomic E-state index is 8.95. The molecule has 0 unspecified atom stereocenters. The molecule has 0 bridgehead atoms. The minimum atomic E-state index is 0. The van der Waals surface area contributed by atoms with Crippen molar-refractivity contribution >= 4 is 17.4 Å². The van der Waals surface area contributed by atoms with Crippen molar-refractivity contribution in [3.63, 3.8) is 0 Å². The van der Waals surface area contributed by atoms with Crippen LogP contribution in [0.4, 0.5) is 0 Å². The Hall–Kier alpha value is 0.270. The van der Waals surface area contributed by atoms with Gasteiger partial charge in [0.2, 0.25) is 0 Å². The normalized spacial score (nSPS) is 15.6. The first kappa shape index (κ1) is 18.3. The van der Waals surface area contributed by atoms with Crippen LogP contribution in [-0.4, -0.2) is 35.7 Å². The number of hydrogen-bond acceptors (Lipinski definition) is 2. The monoisotopic (exact) mass is 258 g/mol. The van der Waals surface area contributed by atoms with Gasteiger partial charge in [0.05, 0.1) is 6.61 Å². The Labute approximate surface area is 134 Å². The molecule has 4 heteroatoms. The van der Waals surface area contributed by atoms with Crippen molar-refractivity contribution in [2.45, 2.75) is 32.3 Å².